The number of rotatable bonds is 6. The fourth-order valence-corrected chi connectivity index (χ4v) is 6.96. The third-order valence-electron chi connectivity index (χ3n) is 7.21. The highest BCUT2D eigenvalue weighted by Gasteiger charge is 2.54. The van der Waals surface area contributed by atoms with E-state index in [0.29, 0.717) is 25.9 Å². The van der Waals surface area contributed by atoms with Crippen molar-refractivity contribution in [2.45, 2.75) is 76.0 Å². The summed E-state index contributed by atoms with van der Waals surface area (Å²) in [5, 5.41) is 9.09. The maximum atomic E-state index is 13.7. The largest absolute Gasteiger partial charge is 0.493 e. The number of carbonyl (C=O) groups excluding carboxylic acids is 3. The number of para-hydroxylation sites is 1. The number of nitrogens with one attached hydrogen (secondary N) is 3. The van der Waals surface area contributed by atoms with Gasteiger partial charge in [0, 0.05) is 12.0 Å². The second-order valence-electron chi connectivity index (χ2n) is 10.0. The lowest BCUT2D eigenvalue weighted by Crippen LogP contribution is -2.58. The summed E-state index contributed by atoms with van der Waals surface area (Å²) >= 11 is 1.71. The van der Waals surface area contributed by atoms with Crippen molar-refractivity contribution in [1.82, 2.24) is 20.9 Å². The normalized spacial score (nSPS) is 28.7. The van der Waals surface area contributed by atoms with Gasteiger partial charge in [0.1, 0.15) is 17.8 Å². The Hall–Kier alpha value is -2.26. The fraction of sp³-hybridized carbons (Fsp3) is 0.640. The quantitative estimate of drug-likeness (QED) is 0.568. The van der Waals surface area contributed by atoms with Crippen molar-refractivity contribution in [1.29, 1.82) is 0 Å². The summed E-state index contributed by atoms with van der Waals surface area (Å²) in [5.41, 5.74) is 0.583. The molecule has 0 aliphatic carbocycles. The van der Waals surface area contributed by atoms with Gasteiger partial charge in [-0.1, -0.05) is 39.0 Å². The van der Waals surface area contributed by atoms with E-state index in [2.05, 4.69) is 29.8 Å². The van der Waals surface area contributed by atoms with Crippen LogP contribution < -0.4 is 20.7 Å². The van der Waals surface area contributed by atoms with Crippen LogP contribution in [0.2, 0.25) is 0 Å². The molecule has 0 radical (unpaired) electrons. The van der Waals surface area contributed by atoms with Crippen LogP contribution in [0.15, 0.2) is 24.3 Å². The van der Waals surface area contributed by atoms with Gasteiger partial charge in [0.15, 0.2) is 0 Å². The maximum Gasteiger partial charge on any atom is 0.246 e. The van der Waals surface area contributed by atoms with E-state index in [4.69, 9.17) is 4.74 Å². The van der Waals surface area contributed by atoms with Crippen molar-refractivity contribution < 1.29 is 19.1 Å². The van der Waals surface area contributed by atoms with Crippen LogP contribution in [0.4, 0.5) is 0 Å². The molecular weight excluding hydrogens is 452 g/mol. The molecule has 9 heteroatoms. The SMILES string of the molecule is CC[C@H](NC)C(=O)N[C@H]1CCSC2CC(C)(C)[C@@H](C(=O)N[C@@H]3CCOc4ccccc43)N2C1=O. The molecule has 0 bridgehead atoms. The van der Waals surface area contributed by atoms with Crippen LogP contribution in [0.25, 0.3) is 0 Å². The second kappa shape index (κ2) is 10.2. The van der Waals surface area contributed by atoms with E-state index in [1.807, 2.05) is 31.2 Å². The number of nitrogens with zero attached hydrogens (tertiary/aromatic N) is 1. The molecule has 3 aliphatic heterocycles. The number of hydrogen-bond acceptors (Lipinski definition) is 6. The monoisotopic (exact) mass is 488 g/mol. The molecule has 3 amide bonds. The number of benzene rings is 1. The van der Waals surface area contributed by atoms with Gasteiger partial charge in [0.05, 0.1) is 24.1 Å². The molecule has 5 atom stereocenters. The van der Waals surface area contributed by atoms with Gasteiger partial charge in [-0.3, -0.25) is 14.4 Å². The van der Waals surface area contributed by atoms with Crippen LogP contribution in [-0.4, -0.2) is 65.5 Å². The van der Waals surface area contributed by atoms with Crippen LogP contribution in [0.5, 0.6) is 5.75 Å². The molecule has 1 unspecified atom stereocenters. The molecule has 3 aliphatic rings. The Bertz CT molecular complexity index is 935. The highest BCUT2D eigenvalue weighted by molar-refractivity contribution is 7.99. The van der Waals surface area contributed by atoms with E-state index < -0.39 is 12.1 Å². The van der Waals surface area contributed by atoms with Crippen molar-refractivity contribution in [2.75, 3.05) is 19.4 Å². The molecule has 186 valence electrons. The van der Waals surface area contributed by atoms with E-state index in [1.165, 1.54) is 0 Å². The second-order valence-corrected chi connectivity index (χ2v) is 11.3. The Morgan fingerprint density at radius 1 is 1.21 bits per heavy atom. The van der Waals surface area contributed by atoms with Gasteiger partial charge in [0.25, 0.3) is 0 Å². The summed E-state index contributed by atoms with van der Waals surface area (Å²) in [4.78, 5) is 41.9. The number of fused-ring (bicyclic) bond motifs is 2. The summed E-state index contributed by atoms with van der Waals surface area (Å²) < 4.78 is 5.75. The first kappa shape index (κ1) is 24.9. The van der Waals surface area contributed by atoms with Gasteiger partial charge in [-0.05, 0) is 43.5 Å². The van der Waals surface area contributed by atoms with E-state index >= 15 is 0 Å². The fourth-order valence-electron chi connectivity index (χ4n) is 5.39. The molecule has 3 N–H and O–H groups in total. The number of carbonyl (C=O) groups is 3. The highest BCUT2D eigenvalue weighted by Crippen LogP contribution is 2.46. The van der Waals surface area contributed by atoms with Gasteiger partial charge in [-0.25, -0.2) is 0 Å². The summed E-state index contributed by atoms with van der Waals surface area (Å²) in [6.45, 7) is 6.58. The van der Waals surface area contributed by atoms with Gasteiger partial charge < -0.3 is 25.6 Å². The third kappa shape index (κ3) is 4.77. The molecule has 8 nitrogen and oxygen atoms in total. The summed E-state index contributed by atoms with van der Waals surface area (Å²) in [5.74, 6) is 1.07. The third-order valence-corrected chi connectivity index (χ3v) is 8.46. The predicted octanol–water partition coefficient (Wildman–Crippen LogP) is 2.20. The standard InChI is InChI=1S/C25H36N4O4S/c1-5-16(26-4)22(30)28-18-11-13-34-20-14-25(2,3)21(29(20)24(18)32)23(31)27-17-10-12-33-19-9-7-6-8-15(17)19/h6-9,16-18,20-21,26H,5,10-14H2,1-4H3,(H,27,31)(H,28,30)/t16-,17+,18-,20?,21+/m0/s1. The van der Waals surface area contributed by atoms with Gasteiger partial charge in [0.2, 0.25) is 17.7 Å². The lowest BCUT2D eigenvalue weighted by atomic mass is 9.83. The predicted molar refractivity (Wildman–Crippen MR) is 132 cm³/mol. The minimum atomic E-state index is -0.625. The Kier molecular flexibility index (Phi) is 7.42. The minimum Gasteiger partial charge on any atom is -0.493 e. The van der Waals surface area contributed by atoms with Crippen molar-refractivity contribution in [3.8, 4) is 5.75 Å². The molecular formula is C25H36N4O4S. The lowest BCUT2D eigenvalue weighted by molar-refractivity contribution is -0.144. The average molecular weight is 489 g/mol. The van der Waals surface area contributed by atoms with Crippen molar-refractivity contribution in [3.05, 3.63) is 29.8 Å². The van der Waals surface area contributed by atoms with E-state index in [-0.39, 0.29) is 40.6 Å². The minimum absolute atomic E-state index is 0.0756. The Balaban J connectivity index is 1.55. The van der Waals surface area contributed by atoms with E-state index in [0.717, 1.165) is 23.5 Å². The zero-order chi connectivity index (χ0) is 24.5. The molecule has 4 rings (SSSR count). The van der Waals surface area contributed by atoms with Crippen LogP contribution in [0.3, 0.4) is 0 Å². The highest BCUT2D eigenvalue weighted by atomic mass is 32.2. The van der Waals surface area contributed by atoms with Gasteiger partial charge in [-0.15, -0.1) is 11.8 Å². The Morgan fingerprint density at radius 3 is 2.71 bits per heavy atom. The van der Waals surface area contributed by atoms with Crippen LogP contribution in [0.1, 0.15) is 58.1 Å². The number of hydrogen-bond donors (Lipinski definition) is 3. The molecule has 2 fully saturated rings. The van der Waals surface area contributed by atoms with Gasteiger partial charge in [-0.2, -0.15) is 0 Å². The van der Waals surface area contributed by atoms with Crippen LogP contribution >= 0.6 is 11.8 Å². The van der Waals surface area contributed by atoms with Crippen LogP contribution in [0, 0.1) is 5.41 Å². The number of ether oxygens (including phenoxy) is 1. The summed E-state index contributed by atoms with van der Waals surface area (Å²) in [7, 11) is 1.74. The van der Waals surface area contributed by atoms with E-state index in [1.54, 1.807) is 23.7 Å². The first-order valence-corrected chi connectivity index (χ1v) is 13.2. The molecule has 0 aromatic heterocycles. The van der Waals surface area contributed by atoms with Crippen molar-refractivity contribution >= 4 is 29.5 Å². The summed E-state index contributed by atoms with van der Waals surface area (Å²) in [6.07, 6.45) is 2.61. The molecule has 3 heterocycles. The topological polar surface area (TPSA) is 99.8 Å². The van der Waals surface area contributed by atoms with Crippen molar-refractivity contribution in [2.24, 2.45) is 5.41 Å². The zero-order valence-corrected chi connectivity index (χ0v) is 21.2. The number of thioether (sulfide) groups is 1. The molecule has 0 saturated carbocycles. The lowest BCUT2D eigenvalue weighted by Gasteiger charge is -2.36. The number of likely N-dealkylation sites (N-methyl/N-ethyl adjacent to an activating group) is 1. The van der Waals surface area contributed by atoms with Gasteiger partial charge >= 0.3 is 0 Å². The number of amides is 3. The molecule has 1 aromatic carbocycles. The molecule has 1 aromatic rings. The molecule has 0 spiro atoms. The molecule has 34 heavy (non-hydrogen) atoms. The zero-order valence-electron chi connectivity index (χ0n) is 20.4. The first-order valence-electron chi connectivity index (χ1n) is 12.2. The summed E-state index contributed by atoms with van der Waals surface area (Å²) in [6, 6.07) is 6.04. The average Bonchev–Trinajstić information content (AvgIpc) is 3.00. The van der Waals surface area contributed by atoms with E-state index in [9.17, 15) is 14.4 Å². The Morgan fingerprint density at radius 2 is 1.97 bits per heavy atom. The Labute approximate surface area is 205 Å². The maximum absolute atomic E-state index is 13.7. The van der Waals surface area contributed by atoms with Crippen LogP contribution in [-0.2, 0) is 14.4 Å². The first-order chi connectivity index (χ1) is 16.3. The smallest absolute Gasteiger partial charge is 0.246 e. The molecule has 2 saturated heterocycles. The van der Waals surface area contributed by atoms with Crippen molar-refractivity contribution in [3.63, 3.8) is 0 Å².